The molecule has 2 aromatic rings. The van der Waals surface area contributed by atoms with Crippen LogP contribution in [0, 0.1) is 0 Å². The van der Waals surface area contributed by atoms with Crippen LogP contribution in [0.4, 0.5) is 5.69 Å². The zero-order chi connectivity index (χ0) is 19.8. The summed E-state index contributed by atoms with van der Waals surface area (Å²) in [5.74, 6) is -1.40. The lowest BCUT2D eigenvalue weighted by molar-refractivity contribution is -0.136. The fourth-order valence-corrected chi connectivity index (χ4v) is 2.19. The molecule has 1 aromatic carbocycles. The van der Waals surface area contributed by atoms with Crippen molar-refractivity contribution < 1.29 is 24.2 Å². The maximum Gasteiger partial charge on any atom is 0.305 e. The Hall–Kier alpha value is -3.42. The molecular formula is C19H21N3O5. The third-order valence-electron chi connectivity index (χ3n) is 3.38. The highest BCUT2D eigenvalue weighted by Crippen LogP contribution is 2.19. The van der Waals surface area contributed by atoms with Gasteiger partial charge >= 0.3 is 5.97 Å². The van der Waals surface area contributed by atoms with E-state index in [1.165, 1.54) is 18.3 Å². The minimum absolute atomic E-state index is 0.0466. The van der Waals surface area contributed by atoms with Gasteiger partial charge in [-0.2, -0.15) is 0 Å². The summed E-state index contributed by atoms with van der Waals surface area (Å²) in [5.41, 5.74) is 1.02. The Morgan fingerprint density at radius 3 is 2.44 bits per heavy atom. The molecule has 8 nitrogen and oxygen atoms in total. The number of aromatic nitrogens is 1. The van der Waals surface area contributed by atoms with Gasteiger partial charge in [0.1, 0.15) is 0 Å². The van der Waals surface area contributed by atoms with E-state index in [1.54, 1.807) is 24.3 Å². The Labute approximate surface area is 156 Å². The van der Waals surface area contributed by atoms with E-state index in [0.29, 0.717) is 17.0 Å². The van der Waals surface area contributed by atoms with Crippen molar-refractivity contribution >= 4 is 23.5 Å². The highest BCUT2D eigenvalue weighted by atomic mass is 16.5. The van der Waals surface area contributed by atoms with Crippen molar-refractivity contribution in [2.24, 2.45) is 0 Å². The molecule has 0 bridgehead atoms. The van der Waals surface area contributed by atoms with Gasteiger partial charge in [-0.25, -0.2) is 4.98 Å². The molecule has 0 radical (unpaired) electrons. The number of rotatable bonds is 8. The highest BCUT2D eigenvalue weighted by molar-refractivity contribution is 6.05. The van der Waals surface area contributed by atoms with Crippen LogP contribution in [-0.2, 0) is 4.79 Å². The Morgan fingerprint density at radius 1 is 1.11 bits per heavy atom. The number of benzene rings is 1. The van der Waals surface area contributed by atoms with Crippen LogP contribution < -0.4 is 15.4 Å². The van der Waals surface area contributed by atoms with Crippen LogP contribution >= 0.6 is 0 Å². The second-order valence-corrected chi connectivity index (χ2v) is 5.95. The topological polar surface area (TPSA) is 118 Å². The molecule has 0 saturated heterocycles. The summed E-state index contributed by atoms with van der Waals surface area (Å²) >= 11 is 0. The molecule has 1 heterocycles. The number of carbonyl (C=O) groups is 3. The number of carboxylic acid groups (broad SMARTS) is 1. The number of hydrogen-bond acceptors (Lipinski definition) is 5. The summed E-state index contributed by atoms with van der Waals surface area (Å²) in [6.07, 6.45) is 1.26. The van der Waals surface area contributed by atoms with Gasteiger partial charge in [0.05, 0.1) is 12.5 Å². The average molecular weight is 371 g/mol. The van der Waals surface area contributed by atoms with E-state index in [1.807, 2.05) is 13.8 Å². The van der Waals surface area contributed by atoms with Crippen LogP contribution in [0.2, 0.25) is 0 Å². The molecular weight excluding hydrogens is 350 g/mol. The zero-order valence-corrected chi connectivity index (χ0v) is 15.1. The fourth-order valence-electron chi connectivity index (χ4n) is 2.19. The van der Waals surface area contributed by atoms with Crippen molar-refractivity contribution in [2.75, 3.05) is 11.9 Å². The number of anilines is 1. The Morgan fingerprint density at radius 2 is 1.81 bits per heavy atom. The molecule has 0 atom stereocenters. The largest absolute Gasteiger partial charge is 0.489 e. The summed E-state index contributed by atoms with van der Waals surface area (Å²) in [4.78, 5) is 38.9. The zero-order valence-electron chi connectivity index (χ0n) is 15.1. The smallest absolute Gasteiger partial charge is 0.305 e. The third kappa shape index (κ3) is 6.10. The molecule has 0 spiro atoms. The van der Waals surface area contributed by atoms with E-state index >= 15 is 0 Å². The summed E-state index contributed by atoms with van der Waals surface area (Å²) in [7, 11) is 0. The molecule has 0 saturated carbocycles. The van der Waals surface area contributed by atoms with Crippen LogP contribution in [0.5, 0.6) is 5.75 Å². The van der Waals surface area contributed by atoms with Gasteiger partial charge in [-0.3, -0.25) is 14.4 Å². The lowest BCUT2D eigenvalue weighted by Gasteiger charge is -2.13. The van der Waals surface area contributed by atoms with E-state index in [-0.39, 0.29) is 30.7 Å². The number of nitrogens with one attached hydrogen (secondary N) is 2. The van der Waals surface area contributed by atoms with Crippen molar-refractivity contribution in [1.29, 1.82) is 0 Å². The molecule has 0 unspecified atom stereocenters. The van der Waals surface area contributed by atoms with Gasteiger partial charge in [0, 0.05) is 24.0 Å². The molecule has 3 N–H and O–H groups in total. The first-order chi connectivity index (χ1) is 12.9. The minimum atomic E-state index is -0.983. The van der Waals surface area contributed by atoms with E-state index in [4.69, 9.17) is 9.84 Å². The van der Waals surface area contributed by atoms with Gasteiger partial charge in [-0.05, 0) is 50.2 Å². The molecule has 27 heavy (non-hydrogen) atoms. The fraction of sp³-hybridized carbons (Fsp3) is 0.263. The predicted molar refractivity (Wildman–Crippen MR) is 99.0 cm³/mol. The van der Waals surface area contributed by atoms with Crippen molar-refractivity contribution in [3.8, 4) is 5.75 Å². The summed E-state index contributed by atoms with van der Waals surface area (Å²) < 4.78 is 5.59. The summed E-state index contributed by atoms with van der Waals surface area (Å²) in [5, 5.41) is 13.8. The number of carbonyl (C=O) groups excluding carboxylic acids is 2. The number of aliphatic carboxylic acids is 1. The lowest BCUT2D eigenvalue weighted by atomic mass is 10.2. The van der Waals surface area contributed by atoms with Crippen LogP contribution in [0.1, 0.15) is 41.1 Å². The number of pyridine rings is 1. The van der Waals surface area contributed by atoms with Crippen molar-refractivity contribution in [3.05, 3.63) is 53.9 Å². The van der Waals surface area contributed by atoms with Crippen LogP contribution in [0.25, 0.3) is 0 Å². The quantitative estimate of drug-likeness (QED) is 0.655. The van der Waals surface area contributed by atoms with Crippen LogP contribution in [0.3, 0.4) is 0 Å². The van der Waals surface area contributed by atoms with Gasteiger partial charge < -0.3 is 20.5 Å². The molecule has 0 aliphatic heterocycles. The second-order valence-electron chi connectivity index (χ2n) is 5.95. The SMILES string of the molecule is CC(C)Oc1cccnc1C(=O)Nc1ccc(C(=O)NCCC(=O)O)cc1. The van der Waals surface area contributed by atoms with Gasteiger partial charge in [0.15, 0.2) is 11.4 Å². The minimum Gasteiger partial charge on any atom is -0.489 e. The van der Waals surface area contributed by atoms with Crippen molar-refractivity contribution in [3.63, 3.8) is 0 Å². The second kappa shape index (κ2) is 9.33. The molecule has 142 valence electrons. The first-order valence-corrected chi connectivity index (χ1v) is 8.40. The van der Waals surface area contributed by atoms with Crippen molar-refractivity contribution in [2.45, 2.75) is 26.4 Å². The molecule has 8 heteroatoms. The maximum atomic E-state index is 12.5. The standard InChI is InChI=1S/C19H21N3O5/c1-12(2)27-15-4-3-10-20-17(15)19(26)22-14-7-5-13(6-8-14)18(25)21-11-9-16(23)24/h3-8,10,12H,9,11H2,1-2H3,(H,21,25)(H,22,26)(H,23,24). The number of amides is 2. The van der Waals surface area contributed by atoms with Crippen LogP contribution in [0.15, 0.2) is 42.6 Å². The van der Waals surface area contributed by atoms with Gasteiger partial charge in [-0.1, -0.05) is 0 Å². The van der Waals surface area contributed by atoms with Gasteiger partial charge in [0.2, 0.25) is 0 Å². The van der Waals surface area contributed by atoms with Gasteiger partial charge in [-0.15, -0.1) is 0 Å². The first-order valence-electron chi connectivity index (χ1n) is 8.40. The number of hydrogen-bond donors (Lipinski definition) is 3. The lowest BCUT2D eigenvalue weighted by Crippen LogP contribution is -2.26. The average Bonchev–Trinajstić information content (AvgIpc) is 2.61. The van der Waals surface area contributed by atoms with Crippen molar-refractivity contribution in [1.82, 2.24) is 10.3 Å². The normalized spacial score (nSPS) is 10.3. The number of carboxylic acids is 1. The third-order valence-corrected chi connectivity index (χ3v) is 3.38. The molecule has 0 fully saturated rings. The van der Waals surface area contributed by atoms with E-state index in [2.05, 4.69) is 15.6 Å². The maximum absolute atomic E-state index is 12.5. The molecule has 2 rings (SSSR count). The van der Waals surface area contributed by atoms with E-state index < -0.39 is 11.9 Å². The Bertz CT molecular complexity index is 818. The highest BCUT2D eigenvalue weighted by Gasteiger charge is 2.15. The van der Waals surface area contributed by atoms with E-state index in [9.17, 15) is 14.4 Å². The monoisotopic (exact) mass is 371 g/mol. The van der Waals surface area contributed by atoms with Gasteiger partial charge in [0.25, 0.3) is 11.8 Å². The summed E-state index contributed by atoms with van der Waals surface area (Å²) in [6, 6.07) is 9.59. The van der Waals surface area contributed by atoms with E-state index in [0.717, 1.165) is 0 Å². The molecule has 2 amide bonds. The Balaban J connectivity index is 2.01. The Kier molecular flexibility index (Phi) is 6.87. The first kappa shape index (κ1) is 19.9. The molecule has 0 aliphatic carbocycles. The molecule has 0 aliphatic rings. The number of nitrogens with zero attached hydrogens (tertiary/aromatic N) is 1. The number of ether oxygens (including phenoxy) is 1. The van der Waals surface area contributed by atoms with Crippen LogP contribution in [-0.4, -0.2) is 40.5 Å². The summed E-state index contributed by atoms with van der Waals surface area (Å²) in [6.45, 7) is 3.76. The predicted octanol–water partition coefficient (Wildman–Crippen LogP) is 2.33. The molecule has 1 aromatic heterocycles.